The highest BCUT2D eigenvalue weighted by molar-refractivity contribution is 9.10. The predicted octanol–water partition coefficient (Wildman–Crippen LogP) is 2.54. The highest BCUT2D eigenvalue weighted by Crippen LogP contribution is 2.27. The summed E-state index contributed by atoms with van der Waals surface area (Å²) in [5, 5.41) is 3.89. The van der Waals surface area contributed by atoms with Gasteiger partial charge in [-0.05, 0) is 40.2 Å². The van der Waals surface area contributed by atoms with E-state index in [9.17, 15) is 0 Å². The van der Waals surface area contributed by atoms with Crippen molar-refractivity contribution >= 4 is 21.6 Å². The number of nitrogens with two attached hydrogens (primary N) is 1. The van der Waals surface area contributed by atoms with E-state index in [0.717, 1.165) is 10.0 Å². The first kappa shape index (κ1) is 11.8. The van der Waals surface area contributed by atoms with Gasteiger partial charge in [-0.25, -0.2) is 9.97 Å². The summed E-state index contributed by atoms with van der Waals surface area (Å²) in [4.78, 5) is 12.2. The van der Waals surface area contributed by atoms with Crippen LogP contribution in [0.5, 0.6) is 0 Å². The van der Waals surface area contributed by atoms with Gasteiger partial charge in [0.15, 0.2) is 0 Å². The SMILES string of the molecule is Nc1cc(-c2nc(-c3ccncn3)no2)ccc1Br. The lowest BCUT2D eigenvalue weighted by Gasteiger charge is -1.99. The smallest absolute Gasteiger partial charge is 0.258 e. The number of nitrogen functional groups attached to an aromatic ring is 1. The van der Waals surface area contributed by atoms with Gasteiger partial charge in [0, 0.05) is 21.9 Å². The number of rotatable bonds is 2. The van der Waals surface area contributed by atoms with E-state index in [0.29, 0.717) is 23.1 Å². The van der Waals surface area contributed by atoms with Gasteiger partial charge in [0.05, 0.1) is 0 Å². The van der Waals surface area contributed by atoms with Crippen molar-refractivity contribution in [1.82, 2.24) is 20.1 Å². The Morgan fingerprint density at radius 3 is 2.84 bits per heavy atom. The summed E-state index contributed by atoms with van der Waals surface area (Å²) >= 11 is 3.34. The van der Waals surface area contributed by atoms with Crippen molar-refractivity contribution in [2.75, 3.05) is 5.73 Å². The van der Waals surface area contributed by atoms with Gasteiger partial charge < -0.3 is 10.3 Å². The second kappa shape index (κ2) is 4.77. The van der Waals surface area contributed by atoms with Crippen LogP contribution < -0.4 is 5.73 Å². The summed E-state index contributed by atoms with van der Waals surface area (Å²) < 4.78 is 6.03. The van der Waals surface area contributed by atoms with Crippen molar-refractivity contribution < 1.29 is 4.52 Å². The van der Waals surface area contributed by atoms with Crippen LogP contribution in [0.25, 0.3) is 23.0 Å². The second-order valence-electron chi connectivity index (χ2n) is 3.75. The maximum atomic E-state index is 5.82. The average molecular weight is 318 g/mol. The van der Waals surface area contributed by atoms with Crippen molar-refractivity contribution in [1.29, 1.82) is 0 Å². The topological polar surface area (TPSA) is 90.7 Å². The molecule has 2 heterocycles. The number of hydrogen-bond acceptors (Lipinski definition) is 6. The summed E-state index contributed by atoms with van der Waals surface area (Å²) in [6, 6.07) is 7.16. The maximum absolute atomic E-state index is 5.82. The van der Waals surface area contributed by atoms with Crippen LogP contribution >= 0.6 is 15.9 Å². The standard InChI is InChI=1S/C12H8BrN5O/c13-8-2-1-7(5-9(8)14)12-17-11(18-19-12)10-3-4-15-6-16-10/h1-6H,14H2. The summed E-state index contributed by atoms with van der Waals surface area (Å²) in [6.45, 7) is 0. The maximum Gasteiger partial charge on any atom is 0.258 e. The van der Waals surface area contributed by atoms with Crippen LogP contribution in [0.15, 0.2) is 45.8 Å². The first-order valence-corrected chi connectivity index (χ1v) is 6.19. The molecule has 2 aromatic heterocycles. The highest BCUT2D eigenvalue weighted by Gasteiger charge is 2.12. The molecule has 0 bridgehead atoms. The average Bonchev–Trinajstić information content (AvgIpc) is 2.93. The Bertz CT molecular complexity index is 713. The van der Waals surface area contributed by atoms with Crippen LogP contribution in [0, 0.1) is 0 Å². The molecule has 3 aromatic rings. The number of benzene rings is 1. The Morgan fingerprint density at radius 1 is 1.21 bits per heavy atom. The van der Waals surface area contributed by atoms with Gasteiger partial charge in [0.25, 0.3) is 5.89 Å². The Kier molecular flexibility index (Phi) is 2.96. The van der Waals surface area contributed by atoms with Crippen molar-refractivity contribution in [3.8, 4) is 23.0 Å². The third-order valence-electron chi connectivity index (χ3n) is 2.48. The zero-order valence-electron chi connectivity index (χ0n) is 9.62. The number of aromatic nitrogens is 4. The van der Waals surface area contributed by atoms with Crippen LogP contribution in [0.2, 0.25) is 0 Å². The first-order chi connectivity index (χ1) is 9.24. The normalized spacial score (nSPS) is 10.6. The van der Waals surface area contributed by atoms with Gasteiger partial charge in [0.1, 0.15) is 12.0 Å². The number of halogens is 1. The molecular formula is C12H8BrN5O. The minimum Gasteiger partial charge on any atom is -0.398 e. The fraction of sp³-hybridized carbons (Fsp3) is 0. The highest BCUT2D eigenvalue weighted by atomic mass is 79.9. The minimum atomic E-state index is 0.396. The monoisotopic (exact) mass is 317 g/mol. The largest absolute Gasteiger partial charge is 0.398 e. The lowest BCUT2D eigenvalue weighted by Crippen LogP contribution is -1.88. The molecule has 0 fully saturated rings. The summed E-state index contributed by atoms with van der Waals surface area (Å²) in [6.07, 6.45) is 3.05. The molecule has 3 rings (SSSR count). The molecule has 19 heavy (non-hydrogen) atoms. The third kappa shape index (κ3) is 2.32. The van der Waals surface area contributed by atoms with Gasteiger partial charge in [-0.1, -0.05) is 5.16 Å². The molecular weight excluding hydrogens is 310 g/mol. The molecule has 7 heteroatoms. The van der Waals surface area contributed by atoms with E-state index in [-0.39, 0.29) is 0 Å². The minimum absolute atomic E-state index is 0.396. The molecule has 0 saturated heterocycles. The van der Waals surface area contributed by atoms with Gasteiger partial charge in [0.2, 0.25) is 5.82 Å². The van der Waals surface area contributed by atoms with Crippen LogP contribution in [0.4, 0.5) is 5.69 Å². The van der Waals surface area contributed by atoms with Crippen LogP contribution in [0.3, 0.4) is 0 Å². The molecule has 2 N–H and O–H groups in total. The quantitative estimate of drug-likeness (QED) is 0.730. The van der Waals surface area contributed by atoms with E-state index >= 15 is 0 Å². The van der Waals surface area contributed by atoms with E-state index in [4.69, 9.17) is 10.3 Å². The summed E-state index contributed by atoms with van der Waals surface area (Å²) in [7, 11) is 0. The first-order valence-electron chi connectivity index (χ1n) is 5.39. The fourth-order valence-electron chi connectivity index (χ4n) is 1.54. The zero-order chi connectivity index (χ0) is 13.2. The molecule has 0 aliphatic rings. The molecule has 0 unspecified atom stereocenters. The van der Waals surface area contributed by atoms with E-state index in [1.807, 2.05) is 12.1 Å². The molecule has 0 saturated carbocycles. The zero-order valence-corrected chi connectivity index (χ0v) is 11.2. The van der Waals surface area contributed by atoms with E-state index in [2.05, 4.69) is 36.0 Å². The lowest BCUT2D eigenvalue weighted by atomic mass is 10.2. The lowest BCUT2D eigenvalue weighted by molar-refractivity contribution is 0.432. The van der Waals surface area contributed by atoms with Gasteiger partial charge >= 0.3 is 0 Å². The van der Waals surface area contributed by atoms with Crippen molar-refractivity contribution in [2.45, 2.75) is 0 Å². The predicted molar refractivity (Wildman–Crippen MR) is 72.9 cm³/mol. The van der Waals surface area contributed by atoms with Gasteiger partial charge in [-0.2, -0.15) is 4.98 Å². The third-order valence-corrected chi connectivity index (χ3v) is 3.20. The molecule has 6 nitrogen and oxygen atoms in total. The summed E-state index contributed by atoms with van der Waals surface area (Å²) in [5.41, 5.74) is 7.79. The van der Waals surface area contributed by atoms with E-state index in [1.54, 1.807) is 18.3 Å². The van der Waals surface area contributed by atoms with Gasteiger partial charge in [-0.3, -0.25) is 0 Å². The molecule has 1 aromatic carbocycles. The van der Waals surface area contributed by atoms with Crippen molar-refractivity contribution in [2.24, 2.45) is 0 Å². The second-order valence-corrected chi connectivity index (χ2v) is 4.61. The van der Waals surface area contributed by atoms with Crippen molar-refractivity contribution in [3.05, 3.63) is 41.3 Å². The van der Waals surface area contributed by atoms with Crippen LogP contribution in [-0.2, 0) is 0 Å². The van der Waals surface area contributed by atoms with Crippen LogP contribution in [0.1, 0.15) is 0 Å². The molecule has 0 aliphatic carbocycles. The van der Waals surface area contributed by atoms with Gasteiger partial charge in [-0.15, -0.1) is 0 Å². The fourth-order valence-corrected chi connectivity index (χ4v) is 1.79. The Labute approximate surface area is 116 Å². The summed E-state index contributed by atoms with van der Waals surface area (Å²) in [5.74, 6) is 0.812. The molecule has 0 spiro atoms. The molecule has 0 aliphatic heterocycles. The number of hydrogen-bond donors (Lipinski definition) is 1. The Hall–Kier alpha value is -2.28. The van der Waals surface area contributed by atoms with Crippen molar-refractivity contribution in [3.63, 3.8) is 0 Å². The van der Waals surface area contributed by atoms with E-state index < -0.39 is 0 Å². The molecule has 0 atom stereocenters. The number of nitrogens with zero attached hydrogens (tertiary/aromatic N) is 4. The van der Waals surface area contributed by atoms with Crippen LogP contribution in [-0.4, -0.2) is 20.1 Å². The molecule has 94 valence electrons. The Morgan fingerprint density at radius 2 is 2.11 bits per heavy atom. The number of anilines is 1. The van der Waals surface area contributed by atoms with E-state index in [1.165, 1.54) is 6.33 Å². The Balaban J connectivity index is 1.99. The molecule has 0 radical (unpaired) electrons. The molecule has 0 amide bonds.